The third kappa shape index (κ3) is 5.49. The minimum atomic E-state index is -0.578. The van der Waals surface area contributed by atoms with Gasteiger partial charge in [-0.3, -0.25) is 29.8 Å². The predicted octanol–water partition coefficient (Wildman–Crippen LogP) is 2.63. The van der Waals surface area contributed by atoms with E-state index >= 15 is 0 Å². The smallest absolute Gasteiger partial charge is 0.228 e. The second kappa shape index (κ2) is 9.59. The monoisotopic (exact) mass is 419 g/mol. The molecule has 30 heavy (non-hydrogen) atoms. The molecule has 0 radical (unpaired) electrons. The van der Waals surface area contributed by atoms with Crippen molar-refractivity contribution < 1.29 is 19.4 Å². The highest BCUT2D eigenvalue weighted by Crippen LogP contribution is 2.28. The molecule has 1 aromatic heterocycles. The normalized spacial score (nSPS) is 26.4. The van der Waals surface area contributed by atoms with Crippen LogP contribution in [0.4, 0.5) is 11.6 Å². The average Bonchev–Trinajstić information content (AvgIpc) is 2.74. The lowest BCUT2D eigenvalue weighted by molar-refractivity contribution is -0.526. The fourth-order valence-corrected chi connectivity index (χ4v) is 4.13. The average molecular weight is 419 g/mol. The largest absolute Gasteiger partial charge is 0.310 e. The molecular weight excluding hydrogens is 394 g/mol. The Hall–Kier alpha value is -3.11. The van der Waals surface area contributed by atoms with E-state index < -0.39 is 12.1 Å². The molecule has 0 saturated heterocycles. The minimum absolute atomic E-state index is 0.231. The summed E-state index contributed by atoms with van der Waals surface area (Å²) in [6.45, 7) is 0. The van der Waals surface area contributed by atoms with Gasteiger partial charge in [0.1, 0.15) is 11.6 Å². The van der Waals surface area contributed by atoms with Crippen molar-refractivity contribution in [2.75, 3.05) is 10.6 Å². The van der Waals surface area contributed by atoms with Crippen molar-refractivity contribution in [3.05, 3.63) is 38.4 Å². The maximum absolute atomic E-state index is 12.4. The van der Waals surface area contributed by atoms with E-state index in [0.29, 0.717) is 63.0 Å². The second-order valence-electron chi connectivity index (χ2n) is 7.97. The topological polar surface area (TPSA) is 157 Å². The first-order chi connectivity index (χ1) is 14.3. The van der Waals surface area contributed by atoms with Crippen LogP contribution in [-0.4, -0.2) is 38.7 Å². The summed E-state index contributed by atoms with van der Waals surface area (Å²) in [4.78, 5) is 50.2. The Kier molecular flexibility index (Phi) is 6.91. The molecule has 0 bridgehead atoms. The molecule has 1 heterocycles. The molecule has 11 heteroatoms. The molecule has 0 aliphatic heterocycles. The zero-order valence-corrected chi connectivity index (χ0v) is 16.5. The Balaban J connectivity index is 1.51. The number of hydrogen-bond acceptors (Lipinski definition) is 7. The van der Waals surface area contributed by atoms with E-state index in [-0.39, 0.29) is 33.5 Å². The van der Waals surface area contributed by atoms with Crippen LogP contribution in [0.2, 0.25) is 0 Å². The Morgan fingerprint density at radius 2 is 1.13 bits per heavy atom. The van der Waals surface area contributed by atoms with Crippen LogP contribution in [0, 0.1) is 32.1 Å². The van der Waals surface area contributed by atoms with Crippen LogP contribution in [0.15, 0.2) is 18.2 Å². The molecule has 162 valence electrons. The van der Waals surface area contributed by atoms with Crippen molar-refractivity contribution in [3.8, 4) is 0 Å². The van der Waals surface area contributed by atoms with Gasteiger partial charge in [-0.25, -0.2) is 4.98 Å². The number of nitro groups is 2. The number of anilines is 2. The van der Waals surface area contributed by atoms with Crippen LogP contribution in [0.3, 0.4) is 0 Å². The zero-order chi connectivity index (χ0) is 21.7. The third-order valence-corrected chi connectivity index (χ3v) is 5.98. The number of rotatable bonds is 6. The number of pyridine rings is 1. The predicted molar refractivity (Wildman–Crippen MR) is 107 cm³/mol. The lowest BCUT2D eigenvalue weighted by atomic mass is 9.86. The van der Waals surface area contributed by atoms with E-state index in [0.717, 1.165) is 0 Å². The van der Waals surface area contributed by atoms with E-state index in [1.165, 1.54) is 0 Å². The summed E-state index contributed by atoms with van der Waals surface area (Å²) < 4.78 is 0. The van der Waals surface area contributed by atoms with Crippen LogP contribution in [-0.2, 0) is 9.59 Å². The molecule has 1 aromatic rings. The summed E-state index contributed by atoms with van der Waals surface area (Å²) in [5.41, 5.74) is 0. The zero-order valence-electron chi connectivity index (χ0n) is 16.5. The van der Waals surface area contributed by atoms with Crippen LogP contribution in [0.5, 0.6) is 0 Å². The summed E-state index contributed by atoms with van der Waals surface area (Å²) in [6, 6.07) is 3.72. The summed E-state index contributed by atoms with van der Waals surface area (Å²) in [6.07, 6.45) is 3.37. The fraction of sp³-hybridized carbons (Fsp3) is 0.632. The van der Waals surface area contributed by atoms with Crippen molar-refractivity contribution in [1.29, 1.82) is 0 Å². The molecule has 0 unspecified atom stereocenters. The van der Waals surface area contributed by atoms with Gasteiger partial charge in [-0.15, -0.1) is 0 Å². The molecule has 2 saturated carbocycles. The molecule has 2 aliphatic carbocycles. The molecule has 0 spiro atoms. The van der Waals surface area contributed by atoms with Gasteiger partial charge >= 0.3 is 0 Å². The highest BCUT2D eigenvalue weighted by molar-refractivity contribution is 5.93. The number of carbonyl (C=O) groups is 2. The Bertz CT molecular complexity index is 752. The van der Waals surface area contributed by atoms with Gasteiger partial charge < -0.3 is 10.6 Å². The third-order valence-electron chi connectivity index (χ3n) is 5.98. The van der Waals surface area contributed by atoms with E-state index in [9.17, 15) is 29.8 Å². The lowest BCUT2D eigenvalue weighted by Crippen LogP contribution is -2.32. The Morgan fingerprint density at radius 1 is 0.767 bits per heavy atom. The molecule has 0 atom stereocenters. The number of nitrogens with one attached hydrogen (secondary N) is 2. The van der Waals surface area contributed by atoms with E-state index in [1.54, 1.807) is 18.2 Å². The molecule has 2 fully saturated rings. The van der Waals surface area contributed by atoms with Gasteiger partial charge in [0.2, 0.25) is 23.9 Å². The van der Waals surface area contributed by atoms with Gasteiger partial charge in [0, 0.05) is 47.4 Å². The summed E-state index contributed by atoms with van der Waals surface area (Å²) in [5.74, 6) is -0.453. The van der Waals surface area contributed by atoms with E-state index in [2.05, 4.69) is 15.6 Å². The number of nitrogens with zero attached hydrogens (tertiary/aromatic N) is 3. The number of amides is 2. The maximum atomic E-state index is 12.4. The van der Waals surface area contributed by atoms with Crippen LogP contribution < -0.4 is 10.6 Å². The van der Waals surface area contributed by atoms with E-state index in [4.69, 9.17) is 0 Å². The van der Waals surface area contributed by atoms with Crippen LogP contribution in [0.25, 0.3) is 0 Å². The van der Waals surface area contributed by atoms with Crippen molar-refractivity contribution >= 4 is 23.5 Å². The first-order valence-electron chi connectivity index (χ1n) is 10.2. The maximum Gasteiger partial charge on any atom is 0.228 e. The molecule has 2 amide bonds. The Labute approximate surface area is 172 Å². The molecule has 0 aromatic carbocycles. The molecule has 3 rings (SSSR count). The number of aromatic nitrogens is 1. The standard InChI is InChI=1S/C19H25N5O6/c25-18(12-4-8-14(9-5-12)23(27)28)21-16-2-1-3-17(20-16)22-19(26)13-6-10-15(11-7-13)24(29)30/h1-3,12-15H,4-11H2,(H2,20,21,22,25,26). The quantitative estimate of drug-likeness (QED) is 0.530. The summed E-state index contributed by atoms with van der Waals surface area (Å²) in [5, 5.41) is 27.1. The number of hydrogen-bond donors (Lipinski definition) is 2. The highest BCUT2D eigenvalue weighted by Gasteiger charge is 2.33. The summed E-state index contributed by atoms with van der Waals surface area (Å²) >= 11 is 0. The fourth-order valence-electron chi connectivity index (χ4n) is 4.13. The minimum Gasteiger partial charge on any atom is -0.310 e. The molecule has 2 aliphatic rings. The van der Waals surface area contributed by atoms with Crippen LogP contribution >= 0.6 is 0 Å². The molecular formula is C19H25N5O6. The lowest BCUT2D eigenvalue weighted by Gasteiger charge is -2.23. The highest BCUT2D eigenvalue weighted by atomic mass is 16.6. The van der Waals surface area contributed by atoms with Crippen molar-refractivity contribution in [3.63, 3.8) is 0 Å². The first-order valence-corrected chi connectivity index (χ1v) is 10.2. The first kappa shape index (κ1) is 21.6. The van der Waals surface area contributed by atoms with Gasteiger partial charge in [-0.05, 0) is 37.8 Å². The molecule has 2 N–H and O–H groups in total. The van der Waals surface area contributed by atoms with Crippen molar-refractivity contribution in [2.45, 2.75) is 63.5 Å². The van der Waals surface area contributed by atoms with Crippen molar-refractivity contribution in [2.24, 2.45) is 11.8 Å². The van der Waals surface area contributed by atoms with Crippen LogP contribution in [0.1, 0.15) is 51.4 Å². The van der Waals surface area contributed by atoms with Gasteiger partial charge in [-0.1, -0.05) is 6.07 Å². The van der Waals surface area contributed by atoms with Crippen molar-refractivity contribution in [1.82, 2.24) is 4.98 Å². The van der Waals surface area contributed by atoms with Gasteiger partial charge in [0.25, 0.3) is 0 Å². The second-order valence-corrected chi connectivity index (χ2v) is 7.97. The SMILES string of the molecule is O=C(Nc1cccc(NC(=O)C2CCC([N+](=O)[O-])CC2)n1)C1CCC([N+](=O)[O-])CC1. The Morgan fingerprint density at radius 3 is 1.47 bits per heavy atom. The summed E-state index contributed by atoms with van der Waals surface area (Å²) in [7, 11) is 0. The van der Waals surface area contributed by atoms with Gasteiger partial charge in [-0.2, -0.15) is 0 Å². The number of carbonyl (C=O) groups excluding carboxylic acids is 2. The molecule has 11 nitrogen and oxygen atoms in total. The van der Waals surface area contributed by atoms with Gasteiger partial charge in [0.05, 0.1) is 0 Å². The van der Waals surface area contributed by atoms with E-state index in [1.807, 2.05) is 0 Å². The van der Waals surface area contributed by atoms with Gasteiger partial charge in [0.15, 0.2) is 0 Å².